The van der Waals surface area contributed by atoms with Crippen LogP contribution in [0.2, 0.25) is 0 Å². The van der Waals surface area contributed by atoms with E-state index in [9.17, 15) is 13.2 Å². The number of carbonyl (C=O) groups excluding carboxylic acids is 1. The number of amides is 1. The van der Waals surface area contributed by atoms with E-state index >= 15 is 0 Å². The highest BCUT2D eigenvalue weighted by atomic mass is 32.2. The molecule has 7 nitrogen and oxygen atoms in total. The zero-order valence-electron chi connectivity index (χ0n) is 13.5. The summed E-state index contributed by atoms with van der Waals surface area (Å²) < 4.78 is 37.4. The summed E-state index contributed by atoms with van der Waals surface area (Å²) in [6.45, 7) is 4.00. The Morgan fingerprint density at radius 1 is 0.875 bits per heavy atom. The number of hydrogen-bond acceptors (Lipinski definition) is 5. The molecule has 132 valence electrons. The number of morpholine rings is 1. The molecule has 1 amide bonds. The first-order valence-corrected chi connectivity index (χ1v) is 9.58. The molecule has 2 fully saturated rings. The van der Waals surface area contributed by atoms with Crippen molar-refractivity contribution in [3.63, 3.8) is 0 Å². The third kappa shape index (κ3) is 3.77. The number of ether oxygens (including phenoxy) is 2. The molecule has 0 unspecified atom stereocenters. The van der Waals surface area contributed by atoms with Crippen LogP contribution in [-0.2, 0) is 19.5 Å². The molecule has 0 bridgehead atoms. The van der Waals surface area contributed by atoms with Crippen molar-refractivity contribution in [3.8, 4) is 0 Å². The molecular weight excluding hydrogens is 332 g/mol. The van der Waals surface area contributed by atoms with Gasteiger partial charge in [-0.3, -0.25) is 4.79 Å². The topological polar surface area (TPSA) is 76.2 Å². The first-order valence-electron chi connectivity index (χ1n) is 8.14. The van der Waals surface area contributed by atoms with Gasteiger partial charge in [-0.2, -0.15) is 4.31 Å². The van der Waals surface area contributed by atoms with Crippen molar-refractivity contribution in [1.29, 1.82) is 0 Å². The van der Waals surface area contributed by atoms with Crippen LogP contribution >= 0.6 is 0 Å². The van der Waals surface area contributed by atoms with Crippen LogP contribution in [0.5, 0.6) is 0 Å². The van der Waals surface area contributed by atoms with Gasteiger partial charge in [-0.05, 0) is 30.7 Å². The molecule has 2 saturated heterocycles. The highest BCUT2D eigenvalue weighted by Gasteiger charge is 2.26. The van der Waals surface area contributed by atoms with Gasteiger partial charge >= 0.3 is 0 Å². The zero-order valence-corrected chi connectivity index (χ0v) is 14.3. The third-order valence-corrected chi connectivity index (χ3v) is 6.13. The second-order valence-corrected chi connectivity index (χ2v) is 7.74. The van der Waals surface area contributed by atoms with E-state index in [-0.39, 0.29) is 10.8 Å². The molecule has 0 saturated carbocycles. The Kier molecular flexibility index (Phi) is 5.50. The maximum absolute atomic E-state index is 12.7. The van der Waals surface area contributed by atoms with Gasteiger partial charge in [0.2, 0.25) is 10.0 Å². The van der Waals surface area contributed by atoms with Crippen LogP contribution in [0.3, 0.4) is 0 Å². The minimum absolute atomic E-state index is 0.0922. The van der Waals surface area contributed by atoms with Crippen LogP contribution in [0, 0.1) is 0 Å². The summed E-state index contributed by atoms with van der Waals surface area (Å²) in [6, 6.07) is 6.18. The van der Waals surface area contributed by atoms with Gasteiger partial charge < -0.3 is 14.4 Å². The molecule has 0 spiro atoms. The van der Waals surface area contributed by atoms with Gasteiger partial charge in [-0.1, -0.05) is 0 Å². The average molecular weight is 354 g/mol. The summed E-state index contributed by atoms with van der Waals surface area (Å²) in [5.74, 6) is -0.0922. The summed E-state index contributed by atoms with van der Waals surface area (Å²) >= 11 is 0. The Morgan fingerprint density at radius 3 is 2.21 bits per heavy atom. The molecule has 0 aliphatic carbocycles. The van der Waals surface area contributed by atoms with Gasteiger partial charge in [0.1, 0.15) is 0 Å². The summed E-state index contributed by atoms with van der Waals surface area (Å²) in [6.07, 6.45) is 0.687. The summed E-state index contributed by atoms with van der Waals surface area (Å²) in [5, 5.41) is 0. The Labute approximate surface area is 142 Å². The molecule has 0 N–H and O–H groups in total. The lowest BCUT2D eigenvalue weighted by Crippen LogP contribution is -2.40. The highest BCUT2D eigenvalue weighted by molar-refractivity contribution is 7.89. The molecule has 0 aromatic heterocycles. The van der Waals surface area contributed by atoms with Crippen LogP contribution in [0.1, 0.15) is 16.8 Å². The van der Waals surface area contributed by atoms with Crippen molar-refractivity contribution in [2.75, 3.05) is 52.6 Å². The van der Waals surface area contributed by atoms with E-state index in [1.165, 1.54) is 16.4 Å². The molecule has 3 rings (SSSR count). The standard InChI is InChI=1S/C16H22N2O5S/c19-16(17-7-11-23-12-8-17)14-2-4-15(5-3-14)24(20,21)18-6-1-10-22-13-9-18/h2-5H,1,6-13H2. The molecule has 24 heavy (non-hydrogen) atoms. The minimum atomic E-state index is -3.54. The van der Waals surface area contributed by atoms with Crippen molar-refractivity contribution in [2.45, 2.75) is 11.3 Å². The second-order valence-electron chi connectivity index (χ2n) is 5.80. The second kappa shape index (κ2) is 7.60. The van der Waals surface area contributed by atoms with Gasteiger partial charge in [0.25, 0.3) is 5.91 Å². The van der Waals surface area contributed by atoms with E-state index in [0.717, 1.165) is 0 Å². The lowest BCUT2D eigenvalue weighted by atomic mass is 10.2. The summed E-state index contributed by atoms with van der Waals surface area (Å²) in [4.78, 5) is 14.3. The molecule has 2 aliphatic rings. The number of benzene rings is 1. The molecule has 1 aromatic carbocycles. The molecule has 2 heterocycles. The fourth-order valence-electron chi connectivity index (χ4n) is 2.83. The number of hydrogen-bond donors (Lipinski definition) is 0. The van der Waals surface area contributed by atoms with Crippen LogP contribution in [0.15, 0.2) is 29.2 Å². The monoisotopic (exact) mass is 354 g/mol. The average Bonchev–Trinajstić information content (AvgIpc) is 2.92. The predicted molar refractivity (Wildman–Crippen MR) is 87.4 cm³/mol. The number of carbonyl (C=O) groups is 1. The number of sulfonamides is 1. The summed E-state index contributed by atoms with van der Waals surface area (Å²) in [5.41, 5.74) is 0.495. The van der Waals surface area contributed by atoms with Gasteiger partial charge in [0, 0.05) is 38.3 Å². The van der Waals surface area contributed by atoms with E-state index in [4.69, 9.17) is 9.47 Å². The Balaban J connectivity index is 1.74. The third-order valence-electron chi connectivity index (χ3n) is 4.22. The first-order chi connectivity index (χ1) is 11.6. The number of rotatable bonds is 3. The van der Waals surface area contributed by atoms with Crippen LogP contribution in [-0.4, -0.2) is 76.1 Å². The lowest BCUT2D eigenvalue weighted by molar-refractivity contribution is 0.0303. The maximum Gasteiger partial charge on any atom is 0.254 e. The lowest BCUT2D eigenvalue weighted by Gasteiger charge is -2.27. The van der Waals surface area contributed by atoms with E-state index in [1.54, 1.807) is 17.0 Å². The molecule has 8 heteroatoms. The van der Waals surface area contributed by atoms with Gasteiger partial charge in [-0.15, -0.1) is 0 Å². The van der Waals surface area contributed by atoms with E-state index in [2.05, 4.69) is 0 Å². The molecule has 1 aromatic rings. The molecule has 0 atom stereocenters. The smallest absolute Gasteiger partial charge is 0.254 e. The Morgan fingerprint density at radius 2 is 1.50 bits per heavy atom. The Bertz CT molecular complexity index is 660. The van der Waals surface area contributed by atoms with Crippen molar-refractivity contribution >= 4 is 15.9 Å². The van der Waals surface area contributed by atoms with Gasteiger partial charge in [-0.25, -0.2) is 8.42 Å². The van der Waals surface area contributed by atoms with E-state index in [0.29, 0.717) is 64.6 Å². The van der Waals surface area contributed by atoms with Crippen molar-refractivity contribution in [2.24, 2.45) is 0 Å². The number of nitrogens with zero attached hydrogens (tertiary/aromatic N) is 2. The first kappa shape index (κ1) is 17.3. The highest BCUT2D eigenvalue weighted by Crippen LogP contribution is 2.19. The van der Waals surface area contributed by atoms with Crippen LogP contribution in [0.4, 0.5) is 0 Å². The van der Waals surface area contributed by atoms with Gasteiger partial charge in [0.05, 0.1) is 24.7 Å². The largest absolute Gasteiger partial charge is 0.380 e. The van der Waals surface area contributed by atoms with Crippen LogP contribution < -0.4 is 0 Å². The Hall–Kier alpha value is -1.48. The zero-order chi connectivity index (χ0) is 17.0. The fourth-order valence-corrected chi connectivity index (χ4v) is 4.29. The summed E-state index contributed by atoms with van der Waals surface area (Å²) in [7, 11) is -3.54. The maximum atomic E-state index is 12.7. The van der Waals surface area contributed by atoms with Crippen molar-refractivity contribution in [1.82, 2.24) is 9.21 Å². The quantitative estimate of drug-likeness (QED) is 0.793. The normalized spacial score (nSPS) is 20.6. The predicted octanol–water partition coefficient (Wildman–Crippen LogP) is 0.570. The molecule has 2 aliphatic heterocycles. The molecular formula is C16H22N2O5S. The van der Waals surface area contributed by atoms with E-state index in [1.807, 2.05) is 0 Å². The van der Waals surface area contributed by atoms with E-state index < -0.39 is 10.0 Å². The fraction of sp³-hybridized carbons (Fsp3) is 0.562. The SMILES string of the molecule is O=C(c1ccc(S(=O)(=O)N2CCCOCC2)cc1)N1CCOCC1. The van der Waals surface area contributed by atoms with Crippen LogP contribution in [0.25, 0.3) is 0 Å². The molecule has 0 radical (unpaired) electrons. The van der Waals surface area contributed by atoms with Gasteiger partial charge in [0.15, 0.2) is 0 Å². The van der Waals surface area contributed by atoms with Crippen molar-refractivity contribution in [3.05, 3.63) is 29.8 Å². The minimum Gasteiger partial charge on any atom is -0.380 e. The van der Waals surface area contributed by atoms with Crippen molar-refractivity contribution < 1.29 is 22.7 Å².